The SMILES string of the molecule is Cc1csc(=O)n1CC(=O)NCCN1CCN(Cc2ccccc2)CC1. The Balaban J connectivity index is 1.34. The number of aromatic nitrogens is 1. The van der Waals surface area contributed by atoms with E-state index in [9.17, 15) is 9.59 Å². The minimum Gasteiger partial charge on any atom is -0.353 e. The van der Waals surface area contributed by atoms with Gasteiger partial charge >= 0.3 is 4.87 Å². The molecule has 0 atom stereocenters. The lowest BCUT2D eigenvalue weighted by molar-refractivity contribution is -0.121. The van der Waals surface area contributed by atoms with Crippen molar-refractivity contribution < 1.29 is 4.79 Å². The van der Waals surface area contributed by atoms with E-state index in [1.807, 2.05) is 13.0 Å². The van der Waals surface area contributed by atoms with Gasteiger partial charge in [-0.25, -0.2) is 0 Å². The molecule has 2 aromatic rings. The van der Waals surface area contributed by atoms with Gasteiger partial charge in [0.15, 0.2) is 0 Å². The lowest BCUT2D eigenvalue weighted by Crippen LogP contribution is -2.48. The molecule has 0 radical (unpaired) electrons. The standard InChI is InChI=1S/C19H26N4O2S/c1-16-15-26-19(25)23(16)14-18(24)20-7-8-21-9-11-22(12-10-21)13-17-5-3-2-4-6-17/h2-6,15H,7-14H2,1H3,(H,20,24). The molecular formula is C19H26N4O2S. The lowest BCUT2D eigenvalue weighted by Gasteiger charge is -2.34. The summed E-state index contributed by atoms with van der Waals surface area (Å²) in [5.74, 6) is -0.101. The van der Waals surface area contributed by atoms with Gasteiger partial charge in [0.05, 0.1) is 0 Å². The minimum absolute atomic E-state index is 0.0767. The summed E-state index contributed by atoms with van der Waals surface area (Å²) < 4.78 is 1.52. The maximum Gasteiger partial charge on any atom is 0.307 e. The van der Waals surface area contributed by atoms with Crippen LogP contribution in [-0.2, 0) is 17.9 Å². The highest BCUT2D eigenvalue weighted by Crippen LogP contribution is 2.08. The molecule has 1 aromatic carbocycles. The van der Waals surface area contributed by atoms with Gasteiger partial charge < -0.3 is 5.32 Å². The number of carbonyl (C=O) groups is 1. The molecule has 1 aliphatic heterocycles. The monoisotopic (exact) mass is 374 g/mol. The van der Waals surface area contributed by atoms with Crippen LogP contribution in [0.15, 0.2) is 40.5 Å². The first-order chi connectivity index (χ1) is 12.6. The van der Waals surface area contributed by atoms with Crippen LogP contribution in [0, 0.1) is 6.92 Å². The van der Waals surface area contributed by atoms with Crippen molar-refractivity contribution in [2.24, 2.45) is 0 Å². The third-order valence-electron chi connectivity index (χ3n) is 4.74. The fraction of sp³-hybridized carbons (Fsp3) is 0.474. The number of piperazine rings is 1. The largest absolute Gasteiger partial charge is 0.353 e. The summed E-state index contributed by atoms with van der Waals surface area (Å²) in [7, 11) is 0. The third kappa shape index (κ3) is 5.27. The fourth-order valence-electron chi connectivity index (χ4n) is 3.16. The smallest absolute Gasteiger partial charge is 0.307 e. The molecule has 1 aromatic heterocycles. The topological polar surface area (TPSA) is 57.6 Å². The first-order valence-corrected chi connectivity index (χ1v) is 9.90. The van der Waals surface area contributed by atoms with Crippen LogP contribution >= 0.6 is 11.3 Å². The van der Waals surface area contributed by atoms with Crippen LogP contribution in [0.5, 0.6) is 0 Å². The average molecular weight is 375 g/mol. The van der Waals surface area contributed by atoms with Crippen molar-refractivity contribution in [1.82, 2.24) is 19.7 Å². The Kier molecular flexibility index (Phi) is 6.60. The highest BCUT2D eigenvalue weighted by molar-refractivity contribution is 7.07. The molecule has 1 N–H and O–H groups in total. The highest BCUT2D eigenvalue weighted by Gasteiger charge is 2.17. The second-order valence-electron chi connectivity index (χ2n) is 6.68. The predicted octanol–water partition coefficient (Wildman–Crippen LogP) is 1.15. The molecule has 1 fully saturated rings. The zero-order valence-electron chi connectivity index (χ0n) is 15.2. The van der Waals surface area contributed by atoms with Crippen molar-refractivity contribution >= 4 is 17.2 Å². The Labute approximate surface area is 158 Å². The summed E-state index contributed by atoms with van der Waals surface area (Å²) in [5.41, 5.74) is 2.19. The van der Waals surface area contributed by atoms with Gasteiger partial charge in [-0.05, 0) is 12.5 Å². The van der Waals surface area contributed by atoms with Crippen molar-refractivity contribution in [1.29, 1.82) is 0 Å². The van der Waals surface area contributed by atoms with E-state index in [4.69, 9.17) is 0 Å². The molecule has 6 nitrogen and oxygen atoms in total. The van der Waals surface area contributed by atoms with Crippen LogP contribution in [0.3, 0.4) is 0 Å². The lowest BCUT2D eigenvalue weighted by atomic mass is 10.2. The predicted molar refractivity (Wildman–Crippen MR) is 104 cm³/mol. The Bertz CT molecular complexity index is 763. The number of nitrogens with one attached hydrogen (secondary N) is 1. The molecule has 0 bridgehead atoms. The van der Waals surface area contributed by atoms with Crippen LogP contribution < -0.4 is 10.2 Å². The Hall–Kier alpha value is -1.96. The third-order valence-corrected chi connectivity index (χ3v) is 5.62. The summed E-state index contributed by atoms with van der Waals surface area (Å²) in [5, 5.41) is 4.71. The number of thiazole rings is 1. The zero-order chi connectivity index (χ0) is 18.4. The average Bonchev–Trinajstić information content (AvgIpc) is 2.96. The molecule has 0 unspecified atom stereocenters. The van der Waals surface area contributed by atoms with Crippen LogP contribution in [0.4, 0.5) is 0 Å². The van der Waals surface area contributed by atoms with Gasteiger partial charge in [-0.2, -0.15) is 0 Å². The van der Waals surface area contributed by atoms with Gasteiger partial charge in [-0.1, -0.05) is 41.7 Å². The van der Waals surface area contributed by atoms with Gasteiger partial charge in [-0.15, -0.1) is 0 Å². The first kappa shape index (κ1) is 18.8. The molecule has 0 saturated carbocycles. The van der Waals surface area contributed by atoms with Crippen molar-refractivity contribution in [3.05, 3.63) is 56.6 Å². The van der Waals surface area contributed by atoms with E-state index in [1.165, 1.54) is 10.1 Å². The van der Waals surface area contributed by atoms with E-state index >= 15 is 0 Å². The number of hydrogen-bond donors (Lipinski definition) is 1. The highest BCUT2D eigenvalue weighted by atomic mass is 32.1. The van der Waals surface area contributed by atoms with E-state index in [0.717, 1.165) is 56.3 Å². The molecule has 1 saturated heterocycles. The maximum absolute atomic E-state index is 12.0. The zero-order valence-corrected chi connectivity index (χ0v) is 16.0. The van der Waals surface area contributed by atoms with Crippen LogP contribution in [-0.4, -0.2) is 59.5 Å². The molecule has 26 heavy (non-hydrogen) atoms. The van der Waals surface area contributed by atoms with Gasteiger partial charge in [0, 0.05) is 56.9 Å². The van der Waals surface area contributed by atoms with Crippen LogP contribution in [0.1, 0.15) is 11.3 Å². The van der Waals surface area contributed by atoms with Crippen molar-refractivity contribution in [2.75, 3.05) is 39.3 Å². The Morgan fingerprint density at radius 1 is 1.12 bits per heavy atom. The molecule has 0 aliphatic carbocycles. The number of aryl methyl sites for hydroxylation is 1. The second-order valence-corrected chi connectivity index (χ2v) is 7.50. The maximum atomic E-state index is 12.0. The summed E-state index contributed by atoms with van der Waals surface area (Å²) >= 11 is 1.13. The Morgan fingerprint density at radius 2 is 1.81 bits per heavy atom. The second kappa shape index (κ2) is 9.12. The van der Waals surface area contributed by atoms with Crippen LogP contribution in [0.25, 0.3) is 0 Å². The molecule has 1 amide bonds. The van der Waals surface area contributed by atoms with E-state index < -0.39 is 0 Å². The van der Waals surface area contributed by atoms with Gasteiger partial charge in [0.1, 0.15) is 6.54 Å². The first-order valence-electron chi connectivity index (χ1n) is 9.02. The van der Waals surface area contributed by atoms with Crippen molar-refractivity contribution in [3.63, 3.8) is 0 Å². The molecule has 2 heterocycles. The molecule has 1 aliphatic rings. The van der Waals surface area contributed by atoms with E-state index in [1.54, 1.807) is 5.38 Å². The molecule has 0 spiro atoms. The van der Waals surface area contributed by atoms with E-state index in [0.29, 0.717) is 6.54 Å². The van der Waals surface area contributed by atoms with Crippen molar-refractivity contribution in [3.8, 4) is 0 Å². The summed E-state index contributed by atoms with van der Waals surface area (Å²) in [6, 6.07) is 10.6. The quantitative estimate of drug-likeness (QED) is 0.790. The number of hydrogen-bond acceptors (Lipinski definition) is 5. The van der Waals surface area contributed by atoms with E-state index in [2.05, 4.69) is 39.4 Å². The molecular weight excluding hydrogens is 348 g/mol. The molecule has 3 rings (SSSR count). The fourth-order valence-corrected chi connectivity index (χ4v) is 3.90. The number of benzene rings is 1. The van der Waals surface area contributed by atoms with Crippen molar-refractivity contribution in [2.45, 2.75) is 20.0 Å². The van der Waals surface area contributed by atoms with Crippen LogP contribution in [0.2, 0.25) is 0 Å². The molecule has 7 heteroatoms. The minimum atomic E-state index is -0.101. The summed E-state index contributed by atoms with van der Waals surface area (Å²) in [6.07, 6.45) is 0. The summed E-state index contributed by atoms with van der Waals surface area (Å²) in [4.78, 5) is 28.4. The normalized spacial score (nSPS) is 15.9. The van der Waals surface area contributed by atoms with Gasteiger partial charge in [-0.3, -0.25) is 24.0 Å². The number of carbonyl (C=O) groups excluding carboxylic acids is 1. The van der Waals surface area contributed by atoms with Gasteiger partial charge in [0.2, 0.25) is 5.91 Å². The Morgan fingerprint density at radius 3 is 2.46 bits per heavy atom. The number of amides is 1. The summed E-state index contributed by atoms with van der Waals surface area (Å²) in [6.45, 7) is 8.56. The number of nitrogens with zero attached hydrogens (tertiary/aromatic N) is 3. The van der Waals surface area contributed by atoms with E-state index in [-0.39, 0.29) is 17.3 Å². The molecule has 140 valence electrons. The van der Waals surface area contributed by atoms with Gasteiger partial charge in [0.25, 0.3) is 0 Å². The number of rotatable bonds is 7.